The number of nitrogens with zero attached hydrogens (tertiary/aromatic N) is 1. The molecule has 2 aliphatic heterocycles. The Morgan fingerprint density at radius 2 is 1.67 bits per heavy atom. The van der Waals surface area contributed by atoms with Crippen LogP contribution in [-0.4, -0.2) is 47.0 Å². The average Bonchev–Trinajstić information content (AvgIpc) is 2.85. The number of aromatic amines is 1. The minimum Gasteiger partial charge on any atom is -0.454 e. The van der Waals surface area contributed by atoms with Gasteiger partial charge in [0, 0.05) is 17.8 Å². The molecule has 5 rings (SSSR count). The summed E-state index contributed by atoms with van der Waals surface area (Å²) >= 11 is 0. The zero-order chi connectivity index (χ0) is 22.8. The van der Waals surface area contributed by atoms with Crippen molar-refractivity contribution in [3.8, 4) is 0 Å². The third-order valence-electron chi connectivity index (χ3n) is 5.78. The largest absolute Gasteiger partial charge is 0.454 e. The summed E-state index contributed by atoms with van der Waals surface area (Å²) in [6.07, 6.45) is -1.37. The van der Waals surface area contributed by atoms with Gasteiger partial charge < -0.3 is 18.9 Å². The number of rotatable bonds is 4. The topological polar surface area (TPSA) is 109 Å². The number of carbonyl (C=O) groups is 1. The highest BCUT2D eigenvalue weighted by Gasteiger charge is 2.48. The van der Waals surface area contributed by atoms with Crippen LogP contribution in [0.4, 0.5) is 0 Å². The van der Waals surface area contributed by atoms with Gasteiger partial charge in [0.1, 0.15) is 18.2 Å². The Bertz CT molecular complexity index is 1220. The molecule has 2 aliphatic rings. The first kappa shape index (κ1) is 21.3. The number of esters is 1. The molecular weight excluding hydrogens is 428 g/mol. The lowest BCUT2D eigenvalue weighted by atomic mass is 9.96. The third kappa shape index (κ3) is 4.38. The molecule has 170 valence electrons. The summed E-state index contributed by atoms with van der Waals surface area (Å²) < 4.78 is 25.3. The first-order valence-corrected chi connectivity index (χ1v) is 10.6. The fourth-order valence-electron chi connectivity index (χ4n) is 4.14. The van der Waals surface area contributed by atoms with Crippen molar-refractivity contribution in [1.29, 1.82) is 0 Å². The van der Waals surface area contributed by atoms with Crippen LogP contribution in [0.5, 0.6) is 0 Å². The minimum absolute atomic E-state index is 0.0720. The van der Waals surface area contributed by atoms with E-state index in [0.29, 0.717) is 5.56 Å². The van der Waals surface area contributed by atoms with E-state index in [2.05, 4.69) is 4.98 Å². The number of H-pyrrole nitrogens is 1. The van der Waals surface area contributed by atoms with Gasteiger partial charge in [0.05, 0.1) is 18.8 Å². The number of nitrogens with one attached hydrogen (secondary N) is 1. The fourth-order valence-corrected chi connectivity index (χ4v) is 4.14. The standard InChI is InChI=1S/C24H22N2O7/c27-19-11-12-26(24(29)25-19)17-13-30-18-14-31-23(16-9-5-2-6-10-16)33-21(18)20(17)32-22(28)15-7-3-1-4-8-15/h1-12,17-18,20-21,23H,13-14H2,(H,25,27,29)/t17-,18-,20+,21-,23?/m1/s1. The second-order valence-electron chi connectivity index (χ2n) is 7.87. The summed E-state index contributed by atoms with van der Waals surface area (Å²) in [5.74, 6) is -0.546. The Hall–Kier alpha value is -3.53. The number of hydrogen-bond acceptors (Lipinski definition) is 7. The van der Waals surface area contributed by atoms with Crippen molar-refractivity contribution in [2.24, 2.45) is 0 Å². The number of aromatic nitrogens is 2. The van der Waals surface area contributed by atoms with Gasteiger partial charge in [-0.1, -0.05) is 48.5 Å². The van der Waals surface area contributed by atoms with E-state index in [-0.39, 0.29) is 13.2 Å². The predicted molar refractivity (Wildman–Crippen MR) is 116 cm³/mol. The molecule has 5 atom stereocenters. The van der Waals surface area contributed by atoms with E-state index in [1.807, 2.05) is 30.3 Å². The van der Waals surface area contributed by atoms with E-state index < -0.39 is 47.9 Å². The van der Waals surface area contributed by atoms with Crippen LogP contribution in [0.2, 0.25) is 0 Å². The summed E-state index contributed by atoms with van der Waals surface area (Å²) in [4.78, 5) is 39.3. The zero-order valence-corrected chi connectivity index (χ0v) is 17.5. The molecule has 2 aromatic carbocycles. The maximum atomic E-state index is 13.0. The Balaban J connectivity index is 1.49. The number of hydrogen-bond donors (Lipinski definition) is 1. The van der Waals surface area contributed by atoms with Crippen LogP contribution in [0.1, 0.15) is 28.3 Å². The minimum atomic E-state index is -0.866. The normalized spacial score (nSPS) is 26.8. The van der Waals surface area contributed by atoms with Crippen LogP contribution in [-0.2, 0) is 18.9 Å². The van der Waals surface area contributed by atoms with Crippen molar-refractivity contribution in [3.63, 3.8) is 0 Å². The Morgan fingerprint density at radius 3 is 2.39 bits per heavy atom. The van der Waals surface area contributed by atoms with E-state index >= 15 is 0 Å². The molecule has 3 aromatic rings. The summed E-state index contributed by atoms with van der Waals surface area (Å²) in [7, 11) is 0. The van der Waals surface area contributed by atoms with Crippen LogP contribution < -0.4 is 11.2 Å². The summed E-state index contributed by atoms with van der Waals surface area (Å²) in [5, 5.41) is 0. The maximum Gasteiger partial charge on any atom is 0.338 e. The first-order chi connectivity index (χ1) is 16.1. The van der Waals surface area contributed by atoms with Crippen LogP contribution in [0, 0.1) is 0 Å². The molecule has 0 radical (unpaired) electrons. The van der Waals surface area contributed by atoms with Gasteiger partial charge in [0.15, 0.2) is 12.4 Å². The molecule has 0 saturated carbocycles. The van der Waals surface area contributed by atoms with Gasteiger partial charge in [0.25, 0.3) is 5.56 Å². The van der Waals surface area contributed by atoms with Gasteiger partial charge in [-0.05, 0) is 12.1 Å². The predicted octanol–water partition coefficient (Wildman–Crippen LogP) is 1.82. The zero-order valence-electron chi connectivity index (χ0n) is 17.5. The first-order valence-electron chi connectivity index (χ1n) is 10.6. The second-order valence-corrected chi connectivity index (χ2v) is 7.87. The molecule has 9 nitrogen and oxygen atoms in total. The van der Waals surface area contributed by atoms with E-state index in [4.69, 9.17) is 18.9 Å². The van der Waals surface area contributed by atoms with Crippen LogP contribution in [0.25, 0.3) is 0 Å². The Labute approximate surface area is 188 Å². The van der Waals surface area contributed by atoms with Gasteiger partial charge in [-0.3, -0.25) is 14.3 Å². The molecule has 0 amide bonds. The summed E-state index contributed by atoms with van der Waals surface area (Å²) in [5.41, 5.74) is 0.0457. The monoisotopic (exact) mass is 450 g/mol. The quantitative estimate of drug-likeness (QED) is 0.604. The van der Waals surface area contributed by atoms with Gasteiger partial charge >= 0.3 is 11.7 Å². The smallest absolute Gasteiger partial charge is 0.338 e. The van der Waals surface area contributed by atoms with E-state index in [1.165, 1.54) is 16.8 Å². The molecule has 2 saturated heterocycles. The third-order valence-corrected chi connectivity index (χ3v) is 5.78. The fraction of sp³-hybridized carbons (Fsp3) is 0.292. The Morgan fingerprint density at radius 1 is 0.939 bits per heavy atom. The van der Waals surface area contributed by atoms with Gasteiger partial charge in [-0.15, -0.1) is 0 Å². The van der Waals surface area contributed by atoms with Crippen molar-refractivity contribution < 1.29 is 23.7 Å². The van der Waals surface area contributed by atoms with E-state index in [0.717, 1.165) is 5.56 Å². The molecule has 1 unspecified atom stereocenters. The maximum absolute atomic E-state index is 13.0. The van der Waals surface area contributed by atoms with Crippen LogP contribution >= 0.6 is 0 Å². The van der Waals surface area contributed by atoms with E-state index in [9.17, 15) is 14.4 Å². The van der Waals surface area contributed by atoms with Gasteiger partial charge in [-0.25, -0.2) is 9.59 Å². The van der Waals surface area contributed by atoms with E-state index in [1.54, 1.807) is 30.3 Å². The van der Waals surface area contributed by atoms with Gasteiger partial charge in [0.2, 0.25) is 0 Å². The molecule has 9 heteroatoms. The SMILES string of the molecule is O=C(O[C@@H]1[C@@H]2OC(c3ccccc3)OC[C@H]2OC[C@H]1n1ccc(=O)[nH]c1=O)c1ccccc1. The number of fused-ring (bicyclic) bond motifs is 1. The molecule has 1 aromatic heterocycles. The number of carbonyl (C=O) groups excluding carboxylic acids is 1. The van der Waals surface area contributed by atoms with Crippen molar-refractivity contribution >= 4 is 5.97 Å². The molecule has 0 bridgehead atoms. The molecule has 0 aliphatic carbocycles. The summed E-state index contributed by atoms with van der Waals surface area (Å²) in [6, 6.07) is 18.5. The lowest BCUT2D eigenvalue weighted by Gasteiger charge is -2.46. The highest BCUT2D eigenvalue weighted by molar-refractivity contribution is 5.89. The van der Waals surface area contributed by atoms with Crippen LogP contribution in [0.15, 0.2) is 82.5 Å². The highest BCUT2D eigenvalue weighted by atomic mass is 16.7. The molecule has 1 N–H and O–H groups in total. The molecule has 33 heavy (non-hydrogen) atoms. The number of benzene rings is 2. The molecule has 3 heterocycles. The molecule has 0 spiro atoms. The van der Waals surface area contributed by atoms with Crippen LogP contribution in [0.3, 0.4) is 0 Å². The van der Waals surface area contributed by atoms with Crippen molar-refractivity contribution in [1.82, 2.24) is 9.55 Å². The Kier molecular flexibility index (Phi) is 5.91. The summed E-state index contributed by atoms with van der Waals surface area (Å²) in [6.45, 7) is 0.305. The van der Waals surface area contributed by atoms with Crippen molar-refractivity contribution in [3.05, 3.63) is 105 Å². The second kappa shape index (κ2) is 9.14. The van der Waals surface area contributed by atoms with Crippen molar-refractivity contribution in [2.75, 3.05) is 13.2 Å². The lowest BCUT2D eigenvalue weighted by molar-refractivity contribution is -0.306. The molecule has 2 fully saturated rings. The number of ether oxygens (including phenoxy) is 4. The average molecular weight is 450 g/mol. The van der Waals surface area contributed by atoms with Crippen molar-refractivity contribution in [2.45, 2.75) is 30.6 Å². The lowest BCUT2D eigenvalue weighted by Crippen LogP contribution is -2.59. The molecular formula is C24H22N2O7. The highest BCUT2D eigenvalue weighted by Crippen LogP contribution is 2.36. The van der Waals surface area contributed by atoms with Gasteiger partial charge in [-0.2, -0.15) is 0 Å².